The number of carbonyl (C=O) groups is 4. The molecular formula is C22H33N3O6S. The maximum Gasteiger partial charge on any atom is 0.249 e. The Morgan fingerprint density at radius 3 is 2.19 bits per heavy atom. The van der Waals surface area contributed by atoms with E-state index >= 15 is 0 Å². The van der Waals surface area contributed by atoms with Gasteiger partial charge < -0.3 is 0 Å². The zero-order valence-electron chi connectivity index (χ0n) is 18.7. The third kappa shape index (κ3) is 4.35. The molecule has 2 saturated carbocycles. The molecule has 0 aromatic rings. The Balaban J connectivity index is 1.39. The van der Waals surface area contributed by atoms with Crippen molar-refractivity contribution in [2.75, 3.05) is 0 Å². The average molecular weight is 468 g/mol. The van der Waals surface area contributed by atoms with Crippen LogP contribution in [0, 0.1) is 23.7 Å². The number of piperidine rings is 1. The Hall–Kier alpha value is -1.81. The molecule has 2 heterocycles. The molecule has 2 aliphatic heterocycles. The number of nitrogens with zero attached hydrogens (tertiary/aromatic N) is 1. The molecule has 2 aliphatic carbocycles. The van der Waals surface area contributed by atoms with Gasteiger partial charge in [-0.15, -0.1) is 0 Å². The van der Waals surface area contributed by atoms with Crippen molar-refractivity contribution in [3.63, 3.8) is 0 Å². The molecule has 4 unspecified atom stereocenters. The number of amides is 4. The van der Waals surface area contributed by atoms with Gasteiger partial charge >= 0.3 is 0 Å². The summed E-state index contributed by atoms with van der Waals surface area (Å²) in [5.41, 5.74) is 0. The number of hydrogen-bond acceptors (Lipinski definition) is 6. The van der Waals surface area contributed by atoms with Gasteiger partial charge in [-0.3, -0.25) is 29.4 Å². The molecule has 4 fully saturated rings. The standard InChI is InChI=1S/C22H33N3O6S/c1-12(2)13-3-6-15(7-4-13)32(30,31)24-14-5-8-16-17(11-14)22(29)25(21(16)28)18-9-10-19(26)23-20(18)27/h12-18,24H,3-11H2,1-2H3,(H,23,26,27). The Labute approximate surface area is 189 Å². The summed E-state index contributed by atoms with van der Waals surface area (Å²) in [5.74, 6) is -1.83. The second kappa shape index (κ2) is 8.85. The summed E-state index contributed by atoms with van der Waals surface area (Å²) < 4.78 is 28.8. The summed E-state index contributed by atoms with van der Waals surface area (Å²) in [6.07, 6.45) is 4.51. The molecule has 9 nitrogen and oxygen atoms in total. The number of rotatable bonds is 5. The van der Waals surface area contributed by atoms with Gasteiger partial charge in [-0.2, -0.15) is 0 Å². The van der Waals surface area contributed by atoms with E-state index in [0.717, 1.165) is 17.7 Å². The zero-order valence-corrected chi connectivity index (χ0v) is 19.5. The SMILES string of the molecule is CC(C)C1CCC(S(=O)(=O)NC2CCC3C(=O)N(C4CCC(=O)NC4=O)C(=O)C3C2)CC1. The van der Waals surface area contributed by atoms with Crippen molar-refractivity contribution in [2.24, 2.45) is 23.7 Å². The highest BCUT2D eigenvalue weighted by Crippen LogP contribution is 2.40. The van der Waals surface area contributed by atoms with E-state index in [4.69, 9.17) is 0 Å². The highest BCUT2D eigenvalue weighted by Gasteiger charge is 2.54. The van der Waals surface area contributed by atoms with Crippen LogP contribution in [0.4, 0.5) is 0 Å². The normalized spacial score (nSPS) is 36.4. The van der Waals surface area contributed by atoms with E-state index in [1.807, 2.05) is 0 Å². The first-order chi connectivity index (χ1) is 15.1. The van der Waals surface area contributed by atoms with Crippen molar-refractivity contribution in [3.05, 3.63) is 0 Å². The van der Waals surface area contributed by atoms with Gasteiger partial charge in [-0.1, -0.05) is 13.8 Å². The van der Waals surface area contributed by atoms with Crippen LogP contribution < -0.4 is 10.0 Å². The van der Waals surface area contributed by atoms with Crippen molar-refractivity contribution < 1.29 is 27.6 Å². The van der Waals surface area contributed by atoms with E-state index < -0.39 is 50.9 Å². The molecule has 0 spiro atoms. The lowest BCUT2D eigenvalue weighted by molar-refractivity contribution is -0.151. The van der Waals surface area contributed by atoms with Crippen LogP contribution in [0.25, 0.3) is 0 Å². The lowest BCUT2D eigenvalue weighted by atomic mass is 9.79. The Kier molecular flexibility index (Phi) is 6.46. The van der Waals surface area contributed by atoms with E-state index in [2.05, 4.69) is 23.9 Å². The molecule has 4 rings (SSSR count). The summed E-state index contributed by atoms with van der Waals surface area (Å²) in [6.45, 7) is 4.35. The molecule has 4 aliphatic rings. The fourth-order valence-corrected chi connectivity index (χ4v) is 7.71. The van der Waals surface area contributed by atoms with Crippen LogP contribution in [0.3, 0.4) is 0 Å². The van der Waals surface area contributed by atoms with Gasteiger partial charge in [-0.25, -0.2) is 13.1 Å². The minimum atomic E-state index is -3.50. The topological polar surface area (TPSA) is 130 Å². The molecule has 0 bridgehead atoms. The first kappa shape index (κ1) is 23.4. The number of hydrogen-bond donors (Lipinski definition) is 2. The summed E-state index contributed by atoms with van der Waals surface area (Å²) >= 11 is 0. The second-order valence-electron chi connectivity index (χ2n) is 10.2. The molecule has 32 heavy (non-hydrogen) atoms. The molecule has 4 amide bonds. The predicted octanol–water partition coefficient (Wildman–Crippen LogP) is 1.08. The molecular weight excluding hydrogens is 434 g/mol. The second-order valence-corrected chi connectivity index (χ2v) is 12.2. The highest BCUT2D eigenvalue weighted by atomic mass is 32.2. The van der Waals surface area contributed by atoms with Crippen molar-refractivity contribution in [3.8, 4) is 0 Å². The van der Waals surface area contributed by atoms with E-state index in [9.17, 15) is 27.6 Å². The van der Waals surface area contributed by atoms with Crippen molar-refractivity contribution in [1.29, 1.82) is 0 Å². The molecule has 2 N–H and O–H groups in total. The van der Waals surface area contributed by atoms with Gasteiger partial charge in [0.2, 0.25) is 33.7 Å². The van der Waals surface area contributed by atoms with Gasteiger partial charge in [0.15, 0.2) is 0 Å². The van der Waals surface area contributed by atoms with Crippen LogP contribution in [-0.4, -0.2) is 54.3 Å². The predicted molar refractivity (Wildman–Crippen MR) is 115 cm³/mol. The molecule has 178 valence electrons. The third-order valence-electron chi connectivity index (χ3n) is 7.91. The summed E-state index contributed by atoms with van der Waals surface area (Å²) in [5, 5.41) is 1.79. The Morgan fingerprint density at radius 2 is 1.56 bits per heavy atom. The number of fused-ring (bicyclic) bond motifs is 1. The average Bonchev–Trinajstić information content (AvgIpc) is 2.98. The van der Waals surface area contributed by atoms with Crippen molar-refractivity contribution in [1.82, 2.24) is 14.9 Å². The molecule has 4 atom stereocenters. The first-order valence-corrected chi connectivity index (χ1v) is 13.3. The quantitative estimate of drug-likeness (QED) is 0.582. The molecule has 10 heteroatoms. The lowest BCUT2D eigenvalue weighted by Crippen LogP contribution is -2.54. The van der Waals surface area contributed by atoms with Gasteiger partial charge in [0, 0.05) is 12.5 Å². The van der Waals surface area contributed by atoms with Gasteiger partial charge in [-0.05, 0) is 63.2 Å². The maximum absolute atomic E-state index is 13.1. The van der Waals surface area contributed by atoms with E-state index in [1.54, 1.807) is 0 Å². The maximum atomic E-state index is 13.1. The van der Waals surface area contributed by atoms with Gasteiger partial charge in [0.25, 0.3) is 0 Å². The van der Waals surface area contributed by atoms with E-state index in [0.29, 0.717) is 37.5 Å². The fraction of sp³-hybridized carbons (Fsp3) is 0.818. The number of likely N-dealkylation sites (tertiary alicyclic amines) is 1. The minimum Gasteiger partial charge on any atom is -0.295 e. The van der Waals surface area contributed by atoms with Gasteiger partial charge in [0.1, 0.15) is 6.04 Å². The number of imide groups is 2. The Morgan fingerprint density at radius 1 is 0.906 bits per heavy atom. The smallest absolute Gasteiger partial charge is 0.249 e. The largest absolute Gasteiger partial charge is 0.295 e. The third-order valence-corrected chi connectivity index (χ3v) is 9.92. The zero-order chi connectivity index (χ0) is 23.2. The molecule has 0 aromatic heterocycles. The highest BCUT2D eigenvalue weighted by molar-refractivity contribution is 7.90. The van der Waals surface area contributed by atoms with Crippen LogP contribution in [0.2, 0.25) is 0 Å². The number of nitrogens with one attached hydrogen (secondary N) is 2. The van der Waals surface area contributed by atoms with E-state index in [-0.39, 0.29) is 31.2 Å². The molecule has 0 aromatic carbocycles. The van der Waals surface area contributed by atoms with Crippen LogP contribution in [0.1, 0.15) is 71.6 Å². The number of carbonyl (C=O) groups excluding carboxylic acids is 4. The van der Waals surface area contributed by atoms with E-state index in [1.165, 1.54) is 0 Å². The first-order valence-electron chi connectivity index (χ1n) is 11.8. The van der Waals surface area contributed by atoms with Gasteiger partial charge in [0.05, 0.1) is 17.1 Å². The lowest BCUT2D eigenvalue weighted by Gasteiger charge is -2.33. The minimum absolute atomic E-state index is 0.0876. The van der Waals surface area contributed by atoms with Crippen molar-refractivity contribution >= 4 is 33.7 Å². The molecule has 2 saturated heterocycles. The summed E-state index contributed by atoms with van der Waals surface area (Å²) in [7, 11) is -3.50. The van der Waals surface area contributed by atoms with Crippen LogP contribution in [0.5, 0.6) is 0 Å². The number of sulfonamides is 1. The van der Waals surface area contributed by atoms with Crippen molar-refractivity contribution in [2.45, 2.75) is 89.0 Å². The monoisotopic (exact) mass is 467 g/mol. The summed E-state index contributed by atoms with van der Waals surface area (Å²) in [6, 6.07) is -1.34. The van der Waals surface area contributed by atoms with Crippen LogP contribution in [-0.2, 0) is 29.2 Å². The molecule has 0 radical (unpaired) electrons. The Bertz CT molecular complexity index is 909. The summed E-state index contributed by atoms with van der Waals surface area (Å²) in [4.78, 5) is 50.6. The van der Waals surface area contributed by atoms with Crippen LogP contribution >= 0.6 is 0 Å². The van der Waals surface area contributed by atoms with Crippen LogP contribution in [0.15, 0.2) is 0 Å². The fourth-order valence-electron chi connectivity index (χ4n) is 5.94.